The Morgan fingerprint density at radius 3 is 2.19 bits per heavy atom. The molecule has 0 N–H and O–H groups in total. The van der Waals surface area contributed by atoms with Crippen molar-refractivity contribution in [3.8, 4) is 0 Å². The molecule has 0 bridgehead atoms. The fraction of sp³-hybridized carbons (Fsp3) is 0.333. The molecule has 0 unspecified atom stereocenters. The van der Waals surface area contributed by atoms with Gasteiger partial charge in [0.25, 0.3) is 5.91 Å². The number of methoxy groups -OCH3 is 1. The zero-order valence-corrected chi connectivity index (χ0v) is 15.7. The number of hydrogen-bond acceptors (Lipinski definition) is 5. The summed E-state index contributed by atoms with van der Waals surface area (Å²) >= 11 is 0. The van der Waals surface area contributed by atoms with Crippen molar-refractivity contribution >= 4 is 17.6 Å². The molecular formula is C21H24N2O4. The van der Waals surface area contributed by atoms with Crippen LogP contribution in [0.2, 0.25) is 0 Å². The first-order chi connectivity index (χ1) is 13.1. The van der Waals surface area contributed by atoms with E-state index in [1.165, 1.54) is 12.8 Å². The van der Waals surface area contributed by atoms with E-state index in [0.717, 1.165) is 31.9 Å². The second-order valence-electron chi connectivity index (χ2n) is 6.50. The first kappa shape index (κ1) is 18.9. The van der Waals surface area contributed by atoms with Crippen LogP contribution in [-0.4, -0.2) is 57.2 Å². The van der Waals surface area contributed by atoms with Gasteiger partial charge in [-0.15, -0.1) is 0 Å². The molecule has 2 aromatic carbocycles. The Balaban J connectivity index is 1.61. The Morgan fingerprint density at radius 1 is 1.00 bits per heavy atom. The molecule has 1 aliphatic heterocycles. The van der Waals surface area contributed by atoms with Gasteiger partial charge in [0.05, 0.1) is 25.9 Å². The number of carbonyl (C=O) groups excluding carboxylic acids is 2. The normalized spacial score (nSPS) is 13.9. The quantitative estimate of drug-likeness (QED) is 0.759. The Hall–Kier alpha value is -2.86. The molecule has 27 heavy (non-hydrogen) atoms. The lowest BCUT2D eigenvalue weighted by molar-refractivity contribution is 0.0600. The number of amides is 1. The third-order valence-electron chi connectivity index (χ3n) is 4.63. The van der Waals surface area contributed by atoms with Gasteiger partial charge < -0.3 is 19.3 Å². The Kier molecular flexibility index (Phi) is 6.08. The fourth-order valence-electron chi connectivity index (χ4n) is 3.07. The maximum atomic E-state index is 12.6. The standard InChI is InChI=1S/C21H24N2O4/c1-22(20(24)17-5-7-18(8-6-17)21(25)26-2)15-16-3-9-19(10-4-16)23-11-13-27-14-12-23/h3-10H,11-15H2,1-2H3. The van der Waals surface area contributed by atoms with Gasteiger partial charge in [-0.25, -0.2) is 4.79 Å². The largest absolute Gasteiger partial charge is 0.465 e. The van der Waals surface area contributed by atoms with Crippen LogP contribution in [0.4, 0.5) is 5.69 Å². The highest BCUT2D eigenvalue weighted by Gasteiger charge is 2.14. The van der Waals surface area contributed by atoms with E-state index in [0.29, 0.717) is 17.7 Å². The summed E-state index contributed by atoms with van der Waals surface area (Å²) in [5.41, 5.74) is 3.20. The highest BCUT2D eigenvalue weighted by atomic mass is 16.5. The predicted octanol–water partition coefficient (Wildman–Crippen LogP) is 2.58. The summed E-state index contributed by atoms with van der Waals surface area (Å²) in [6.45, 7) is 3.83. The van der Waals surface area contributed by atoms with Gasteiger partial charge in [-0.1, -0.05) is 12.1 Å². The van der Waals surface area contributed by atoms with Crippen molar-refractivity contribution in [3.63, 3.8) is 0 Å². The molecular weight excluding hydrogens is 344 g/mol. The first-order valence-electron chi connectivity index (χ1n) is 8.94. The number of nitrogens with zero attached hydrogens (tertiary/aromatic N) is 2. The number of benzene rings is 2. The number of rotatable bonds is 5. The van der Waals surface area contributed by atoms with Crippen LogP contribution in [0.3, 0.4) is 0 Å². The Bertz CT molecular complexity index is 781. The van der Waals surface area contributed by atoms with Gasteiger partial charge in [0.15, 0.2) is 0 Å². The Labute approximate surface area is 159 Å². The van der Waals surface area contributed by atoms with Gasteiger partial charge in [0.2, 0.25) is 0 Å². The second-order valence-corrected chi connectivity index (χ2v) is 6.50. The molecule has 0 saturated carbocycles. The van der Waals surface area contributed by atoms with Crippen molar-refractivity contribution in [1.29, 1.82) is 0 Å². The van der Waals surface area contributed by atoms with Gasteiger partial charge in [-0.2, -0.15) is 0 Å². The lowest BCUT2D eigenvalue weighted by Crippen LogP contribution is -2.36. The lowest BCUT2D eigenvalue weighted by atomic mass is 10.1. The van der Waals surface area contributed by atoms with Crippen molar-refractivity contribution in [3.05, 3.63) is 65.2 Å². The van der Waals surface area contributed by atoms with Crippen LogP contribution in [0.1, 0.15) is 26.3 Å². The summed E-state index contributed by atoms with van der Waals surface area (Å²) in [5, 5.41) is 0. The van der Waals surface area contributed by atoms with E-state index in [9.17, 15) is 9.59 Å². The SMILES string of the molecule is COC(=O)c1ccc(C(=O)N(C)Cc2ccc(N3CCOCC3)cc2)cc1. The molecule has 1 saturated heterocycles. The number of anilines is 1. The topological polar surface area (TPSA) is 59.1 Å². The second kappa shape index (κ2) is 8.68. The van der Waals surface area contributed by atoms with Crippen LogP contribution < -0.4 is 4.90 Å². The van der Waals surface area contributed by atoms with E-state index in [4.69, 9.17) is 4.74 Å². The third-order valence-corrected chi connectivity index (χ3v) is 4.63. The minimum Gasteiger partial charge on any atom is -0.465 e. The molecule has 2 aromatic rings. The van der Waals surface area contributed by atoms with E-state index in [2.05, 4.69) is 33.9 Å². The molecule has 1 heterocycles. The van der Waals surface area contributed by atoms with Gasteiger partial charge in [0, 0.05) is 37.9 Å². The highest BCUT2D eigenvalue weighted by molar-refractivity contribution is 5.96. The average molecular weight is 368 g/mol. The molecule has 0 aliphatic carbocycles. The summed E-state index contributed by atoms with van der Waals surface area (Å²) in [6.07, 6.45) is 0. The van der Waals surface area contributed by atoms with Crippen molar-refractivity contribution in [1.82, 2.24) is 4.90 Å². The number of morpholine rings is 1. The van der Waals surface area contributed by atoms with Crippen LogP contribution in [0.15, 0.2) is 48.5 Å². The van der Waals surface area contributed by atoms with Crippen molar-refractivity contribution < 1.29 is 19.1 Å². The van der Waals surface area contributed by atoms with E-state index >= 15 is 0 Å². The van der Waals surface area contributed by atoms with E-state index in [-0.39, 0.29) is 5.91 Å². The minimum absolute atomic E-state index is 0.0938. The summed E-state index contributed by atoms with van der Waals surface area (Å²) in [6, 6.07) is 14.8. The van der Waals surface area contributed by atoms with Gasteiger partial charge in [-0.3, -0.25) is 4.79 Å². The average Bonchev–Trinajstić information content (AvgIpc) is 2.74. The van der Waals surface area contributed by atoms with Gasteiger partial charge in [-0.05, 0) is 42.0 Å². The van der Waals surface area contributed by atoms with Gasteiger partial charge in [0.1, 0.15) is 0 Å². The predicted molar refractivity (Wildman–Crippen MR) is 103 cm³/mol. The third kappa shape index (κ3) is 4.65. The monoisotopic (exact) mass is 368 g/mol. The first-order valence-corrected chi connectivity index (χ1v) is 8.94. The molecule has 0 radical (unpaired) electrons. The molecule has 0 aromatic heterocycles. The van der Waals surface area contributed by atoms with Crippen molar-refractivity contribution in [2.24, 2.45) is 0 Å². The summed E-state index contributed by atoms with van der Waals surface area (Å²) in [7, 11) is 3.10. The van der Waals surface area contributed by atoms with Crippen LogP contribution >= 0.6 is 0 Å². The van der Waals surface area contributed by atoms with Gasteiger partial charge >= 0.3 is 5.97 Å². The molecule has 142 valence electrons. The van der Waals surface area contributed by atoms with E-state index in [1.54, 1.807) is 36.2 Å². The maximum Gasteiger partial charge on any atom is 0.337 e. The van der Waals surface area contributed by atoms with Crippen LogP contribution in [-0.2, 0) is 16.0 Å². The molecule has 1 fully saturated rings. The maximum absolute atomic E-state index is 12.6. The van der Waals surface area contributed by atoms with E-state index < -0.39 is 5.97 Å². The Morgan fingerprint density at radius 2 is 1.59 bits per heavy atom. The number of ether oxygens (including phenoxy) is 2. The summed E-state index contributed by atoms with van der Waals surface area (Å²) < 4.78 is 10.1. The molecule has 3 rings (SSSR count). The smallest absolute Gasteiger partial charge is 0.337 e. The van der Waals surface area contributed by atoms with Crippen molar-refractivity contribution in [2.75, 3.05) is 45.4 Å². The van der Waals surface area contributed by atoms with Crippen molar-refractivity contribution in [2.45, 2.75) is 6.54 Å². The summed E-state index contributed by atoms with van der Waals surface area (Å²) in [4.78, 5) is 28.0. The fourth-order valence-corrected chi connectivity index (χ4v) is 3.07. The lowest BCUT2D eigenvalue weighted by Gasteiger charge is -2.29. The number of esters is 1. The number of carbonyl (C=O) groups is 2. The summed E-state index contributed by atoms with van der Waals surface area (Å²) in [5.74, 6) is -0.508. The highest BCUT2D eigenvalue weighted by Crippen LogP contribution is 2.18. The molecule has 6 heteroatoms. The molecule has 6 nitrogen and oxygen atoms in total. The zero-order chi connectivity index (χ0) is 19.2. The number of hydrogen-bond donors (Lipinski definition) is 0. The molecule has 1 amide bonds. The van der Waals surface area contributed by atoms with Crippen LogP contribution in [0.25, 0.3) is 0 Å². The molecule has 0 spiro atoms. The molecule has 0 atom stereocenters. The molecule has 1 aliphatic rings. The minimum atomic E-state index is -0.414. The van der Waals surface area contributed by atoms with Crippen LogP contribution in [0, 0.1) is 0 Å². The van der Waals surface area contributed by atoms with E-state index in [1.807, 2.05) is 0 Å². The van der Waals surface area contributed by atoms with Crippen LogP contribution in [0.5, 0.6) is 0 Å². The zero-order valence-electron chi connectivity index (χ0n) is 15.7.